The molecule has 1 unspecified atom stereocenters. The van der Waals surface area contributed by atoms with E-state index < -0.39 is 11.6 Å². The monoisotopic (exact) mass is 526 g/mol. The average Bonchev–Trinajstić information content (AvgIpc) is 3.20. The van der Waals surface area contributed by atoms with Crippen molar-refractivity contribution in [3.8, 4) is 5.69 Å². The maximum absolute atomic E-state index is 14.6. The van der Waals surface area contributed by atoms with Gasteiger partial charge in [-0.25, -0.2) is 18.2 Å². The minimum absolute atomic E-state index is 0.0216. The predicted molar refractivity (Wildman–Crippen MR) is 140 cm³/mol. The number of fused-ring (bicyclic) bond motifs is 1. The molecule has 36 heavy (non-hydrogen) atoms. The first kappa shape index (κ1) is 25.0. The summed E-state index contributed by atoms with van der Waals surface area (Å²) in [4.78, 5) is 4.96. The van der Waals surface area contributed by atoms with Crippen LogP contribution < -0.4 is 0 Å². The number of hydrogen-bond donors (Lipinski definition) is 0. The van der Waals surface area contributed by atoms with Crippen molar-refractivity contribution >= 4 is 23.4 Å². The van der Waals surface area contributed by atoms with Crippen LogP contribution in [0.15, 0.2) is 59.8 Å². The number of aryl methyl sites for hydroxylation is 3. The van der Waals surface area contributed by atoms with Crippen LogP contribution in [0.3, 0.4) is 0 Å². The van der Waals surface area contributed by atoms with Crippen molar-refractivity contribution in [2.24, 2.45) is 0 Å². The number of hydrogen-bond acceptors (Lipinski definition) is 2. The van der Waals surface area contributed by atoms with Gasteiger partial charge in [0.1, 0.15) is 17.5 Å². The highest BCUT2D eigenvalue weighted by molar-refractivity contribution is 7.98. The van der Waals surface area contributed by atoms with Crippen LogP contribution in [-0.2, 0) is 17.6 Å². The van der Waals surface area contributed by atoms with Gasteiger partial charge in [-0.2, -0.15) is 0 Å². The predicted octanol–water partition coefficient (Wildman–Crippen LogP) is 8.49. The van der Waals surface area contributed by atoms with E-state index in [1.165, 1.54) is 36.0 Å². The third-order valence-corrected chi connectivity index (χ3v) is 8.43. The van der Waals surface area contributed by atoms with Gasteiger partial charge in [0, 0.05) is 27.4 Å². The first-order valence-corrected chi connectivity index (χ1v) is 13.3. The number of aromatic nitrogens is 2. The zero-order valence-corrected chi connectivity index (χ0v) is 21.9. The molecular weight excluding hydrogens is 501 g/mol. The molecule has 0 saturated heterocycles. The molecule has 4 aromatic rings. The summed E-state index contributed by atoms with van der Waals surface area (Å²) in [7, 11) is 0. The zero-order valence-electron chi connectivity index (χ0n) is 20.3. The number of rotatable bonds is 5. The largest absolute Gasteiger partial charge is 0.291 e. The van der Waals surface area contributed by atoms with Gasteiger partial charge >= 0.3 is 0 Å². The van der Waals surface area contributed by atoms with Crippen molar-refractivity contribution in [1.82, 2.24) is 9.55 Å². The summed E-state index contributed by atoms with van der Waals surface area (Å²) in [5, 5.41) is 1.34. The number of nitrogens with zero attached hydrogens (tertiary/aromatic N) is 2. The van der Waals surface area contributed by atoms with Crippen LogP contribution in [0.5, 0.6) is 0 Å². The van der Waals surface area contributed by atoms with Crippen LogP contribution in [0, 0.1) is 31.3 Å². The van der Waals surface area contributed by atoms with Crippen molar-refractivity contribution in [2.75, 3.05) is 0 Å². The maximum Gasteiger partial charge on any atom is 0.173 e. The molecule has 1 aliphatic carbocycles. The molecule has 1 aliphatic rings. The highest BCUT2D eigenvalue weighted by Crippen LogP contribution is 2.46. The minimum Gasteiger partial charge on any atom is -0.291 e. The Labute approximate surface area is 218 Å². The van der Waals surface area contributed by atoms with Gasteiger partial charge in [-0.1, -0.05) is 35.5 Å². The topological polar surface area (TPSA) is 17.8 Å². The van der Waals surface area contributed by atoms with Crippen LogP contribution in [-0.4, -0.2) is 9.55 Å². The van der Waals surface area contributed by atoms with Crippen molar-refractivity contribution in [3.63, 3.8) is 0 Å². The Morgan fingerprint density at radius 3 is 2.36 bits per heavy atom. The van der Waals surface area contributed by atoms with Gasteiger partial charge in [0.25, 0.3) is 0 Å². The van der Waals surface area contributed by atoms with Crippen molar-refractivity contribution < 1.29 is 13.2 Å². The lowest BCUT2D eigenvalue weighted by atomic mass is 9.71. The second-order valence-electron chi connectivity index (χ2n) is 9.65. The number of thioether (sulfide) groups is 1. The van der Waals surface area contributed by atoms with Crippen molar-refractivity contribution in [1.29, 1.82) is 0 Å². The van der Waals surface area contributed by atoms with Gasteiger partial charge in [-0.3, -0.25) is 4.57 Å². The summed E-state index contributed by atoms with van der Waals surface area (Å²) in [6.07, 6.45) is 2.66. The van der Waals surface area contributed by atoms with Crippen molar-refractivity contribution in [2.45, 2.75) is 56.4 Å². The Balaban J connectivity index is 1.66. The first-order chi connectivity index (χ1) is 17.2. The first-order valence-electron chi connectivity index (χ1n) is 11.9. The molecule has 0 saturated carbocycles. The van der Waals surface area contributed by atoms with E-state index in [0.717, 1.165) is 47.5 Å². The van der Waals surface area contributed by atoms with Crippen LogP contribution in [0.2, 0.25) is 5.02 Å². The molecule has 0 aliphatic heterocycles. The van der Waals surface area contributed by atoms with Gasteiger partial charge in [0.05, 0.1) is 11.4 Å². The summed E-state index contributed by atoms with van der Waals surface area (Å²) in [5.41, 5.74) is 5.04. The Morgan fingerprint density at radius 2 is 1.69 bits per heavy atom. The smallest absolute Gasteiger partial charge is 0.173 e. The fourth-order valence-corrected chi connectivity index (χ4v) is 6.28. The molecule has 0 spiro atoms. The molecule has 2 nitrogen and oxygen atoms in total. The fraction of sp³-hybridized carbons (Fsp3) is 0.276. The number of halogens is 4. The van der Waals surface area contributed by atoms with Gasteiger partial charge in [0.15, 0.2) is 5.16 Å². The molecule has 1 aromatic heterocycles. The Hall–Kier alpha value is -2.70. The molecular formula is C29H26ClF3N2S. The number of imidazole rings is 1. The molecule has 3 aromatic carbocycles. The van der Waals surface area contributed by atoms with Crippen LogP contribution in [0.25, 0.3) is 5.69 Å². The summed E-state index contributed by atoms with van der Waals surface area (Å²) in [5.74, 6) is -1.37. The molecule has 7 heteroatoms. The normalized spacial score (nSPS) is 17.3. The van der Waals surface area contributed by atoms with E-state index in [4.69, 9.17) is 16.6 Å². The lowest BCUT2D eigenvalue weighted by Crippen LogP contribution is -2.31. The average molecular weight is 527 g/mol. The van der Waals surface area contributed by atoms with Crippen LogP contribution >= 0.6 is 23.4 Å². The summed E-state index contributed by atoms with van der Waals surface area (Å²) in [6, 6.07) is 15.0. The van der Waals surface area contributed by atoms with E-state index in [1.807, 2.05) is 17.6 Å². The molecule has 0 fully saturated rings. The SMILES string of the molecule is Cc1cc(F)c(CSc2nc3c(n2-c2ccc(F)cc2)C(C)(c2ccc(Cl)c(C)c2)CCC3)c(F)c1. The lowest BCUT2D eigenvalue weighted by Gasteiger charge is -2.36. The molecule has 186 valence electrons. The molecule has 0 bridgehead atoms. The minimum atomic E-state index is -0.564. The third-order valence-electron chi connectivity index (χ3n) is 7.04. The highest BCUT2D eigenvalue weighted by atomic mass is 35.5. The van der Waals surface area contributed by atoms with Crippen LogP contribution in [0.1, 0.15) is 53.4 Å². The quantitative estimate of drug-likeness (QED) is 0.243. The van der Waals surface area contributed by atoms with Gasteiger partial charge in [0.2, 0.25) is 0 Å². The Bertz CT molecular complexity index is 1420. The third kappa shape index (κ3) is 4.46. The van der Waals surface area contributed by atoms with Gasteiger partial charge < -0.3 is 0 Å². The lowest BCUT2D eigenvalue weighted by molar-refractivity contribution is 0.442. The molecule has 0 amide bonds. The van der Waals surface area contributed by atoms with E-state index in [9.17, 15) is 13.2 Å². The van der Waals surface area contributed by atoms with E-state index in [1.54, 1.807) is 19.1 Å². The molecule has 1 heterocycles. The second kappa shape index (κ2) is 9.64. The fourth-order valence-electron chi connectivity index (χ4n) is 5.11. The maximum atomic E-state index is 14.6. The van der Waals surface area contributed by atoms with Crippen molar-refractivity contribution in [3.05, 3.63) is 111 Å². The Morgan fingerprint density at radius 1 is 1.00 bits per heavy atom. The molecule has 1 atom stereocenters. The Kier molecular flexibility index (Phi) is 6.69. The number of benzene rings is 3. The molecule has 0 N–H and O–H groups in total. The summed E-state index contributed by atoms with van der Waals surface area (Å²) < 4.78 is 45.0. The molecule has 0 radical (unpaired) electrons. The molecule has 5 rings (SSSR count). The second-order valence-corrected chi connectivity index (χ2v) is 11.0. The zero-order chi connectivity index (χ0) is 25.6. The van der Waals surface area contributed by atoms with E-state index in [2.05, 4.69) is 19.1 Å². The van der Waals surface area contributed by atoms with Gasteiger partial charge in [-0.05, 0) is 99.2 Å². The summed E-state index contributed by atoms with van der Waals surface area (Å²) in [6.45, 7) is 5.85. The van der Waals surface area contributed by atoms with E-state index in [-0.39, 0.29) is 22.5 Å². The van der Waals surface area contributed by atoms with Gasteiger partial charge in [-0.15, -0.1) is 0 Å². The summed E-state index contributed by atoms with van der Waals surface area (Å²) >= 11 is 7.61. The van der Waals surface area contributed by atoms with Crippen LogP contribution in [0.4, 0.5) is 13.2 Å². The van der Waals surface area contributed by atoms with E-state index >= 15 is 0 Å². The van der Waals surface area contributed by atoms with E-state index in [0.29, 0.717) is 15.7 Å². The standard InChI is InChI=1S/C29H26ClF3N2S/c1-17-13-24(32)22(25(33)14-17)16-36-28-34-26-5-4-12-29(3,19-6-11-23(30)18(2)15-19)27(26)35(28)21-9-7-20(31)8-10-21/h6-11,13-15H,4-5,12,16H2,1-3H3. The highest BCUT2D eigenvalue weighted by Gasteiger charge is 2.39.